The summed E-state index contributed by atoms with van der Waals surface area (Å²) in [5, 5.41) is 5.32. The maximum absolute atomic E-state index is 13.3. The normalized spacial score (nSPS) is 12.1. The number of pyridine rings is 1. The predicted octanol–water partition coefficient (Wildman–Crippen LogP) is 2.83. The van der Waals surface area contributed by atoms with Crippen molar-refractivity contribution in [3.05, 3.63) is 95.7 Å². The Morgan fingerprint density at radius 3 is 2.11 bits per heavy atom. The highest BCUT2D eigenvalue weighted by Crippen LogP contribution is 2.16. The molecular weight excluding hydrogens is 462 g/mol. The molecule has 0 aliphatic rings. The molecule has 0 spiro atoms. The van der Waals surface area contributed by atoms with E-state index >= 15 is 0 Å². The summed E-state index contributed by atoms with van der Waals surface area (Å²) < 4.78 is 15.5. The molecule has 2 atom stereocenters. The summed E-state index contributed by atoms with van der Waals surface area (Å²) in [6.07, 6.45) is 1.09. The van der Waals surface area contributed by atoms with Gasteiger partial charge in [-0.2, -0.15) is 0 Å². The zero-order valence-electron chi connectivity index (χ0n) is 20.2. The van der Waals surface area contributed by atoms with Crippen LogP contribution >= 0.6 is 0 Å². The van der Waals surface area contributed by atoms with E-state index in [0.29, 0.717) is 11.4 Å². The maximum Gasteiger partial charge on any atom is 0.408 e. The van der Waals surface area contributed by atoms with Gasteiger partial charge in [-0.15, -0.1) is 0 Å². The summed E-state index contributed by atoms with van der Waals surface area (Å²) in [4.78, 5) is 42.5. The number of hydrogen-bond donors (Lipinski definition) is 2. The van der Waals surface area contributed by atoms with Crippen molar-refractivity contribution in [1.29, 1.82) is 0 Å². The fourth-order valence-corrected chi connectivity index (χ4v) is 3.56. The van der Waals surface area contributed by atoms with Crippen molar-refractivity contribution in [3.8, 4) is 5.88 Å². The number of carbonyl (C=O) groups excluding carboxylic acids is 3. The van der Waals surface area contributed by atoms with Crippen LogP contribution in [-0.2, 0) is 38.5 Å². The predicted molar refractivity (Wildman–Crippen MR) is 132 cm³/mol. The van der Waals surface area contributed by atoms with Gasteiger partial charge in [-0.1, -0.05) is 66.7 Å². The number of nitrogens with zero attached hydrogens (tertiary/aromatic N) is 1. The summed E-state index contributed by atoms with van der Waals surface area (Å²) in [5.74, 6) is -0.864. The summed E-state index contributed by atoms with van der Waals surface area (Å²) in [5.41, 5.74) is 2.25. The molecule has 0 unspecified atom stereocenters. The number of alkyl carbamates (subject to hydrolysis) is 1. The van der Waals surface area contributed by atoms with Crippen molar-refractivity contribution in [2.75, 3.05) is 14.2 Å². The third-order valence-corrected chi connectivity index (χ3v) is 5.37. The molecular formula is C27H29N3O6. The Morgan fingerprint density at radius 2 is 1.47 bits per heavy atom. The number of ether oxygens (including phenoxy) is 3. The van der Waals surface area contributed by atoms with Crippen molar-refractivity contribution < 1.29 is 28.6 Å². The molecule has 36 heavy (non-hydrogen) atoms. The second-order valence-corrected chi connectivity index (χ2v) is 7.91. The Bertz CT molecular complexity index is 1140. The van der Waals surface area contributed by atoms with E-state index in [1.165, 1.54) is 14.2 Å². The van der Waals surface area contributed by atoms with Crippen LogP contribution in [0.1, 0.15) is 16.7 Å². The first-order valence-electron chi connectivity index (χ1n) is 11.4. The highest BCUT2D eigenvalue weighted by molar-refractivity contribution is 5.90. The number of hydrogen-bond acceptors (Lipinski definition) is 7. The molecule has 0 radical (unpaired) electrons. The second kappa shape index (κ2) is 13.5. The van der Waals surface area contributed by atoms with E-state index in [9.17, 15) is 14.4 Å². The van der Waals surface area contributed by atoms with Crippen molar-refractivity contribution in [2.24, 2.45) is 0 Å². The average Bonchev–Trinajstić information content (AvgIpc) is 2.92. The van der Waals surface area contributed by atoms with Crippen LogP contribution in [0.3, 0.4) is 0 Å². The third-order valence-electron chi connectivity index (χ3n) is 5.37. The molecule has 9 heteroatoms. The molecule has 0 bridgehead atoms. The molecule has 1 aromatic heterocycles. The van der Waals surface area contributed by atoms with Crippen LogP contribution in [0.2, 0.25) is 0 Å². The Morgan fingerprint density at radius 1 is 0.806 bits per heavy atom. The summed E-state index contributed by atoms with van der Waals surface area (Å²) in [6.45, 7) is 0.0535. The fraction of sp³-hybridized carbons (Fsp3) is 0.259. The molecule has 0 aliphatic heterocycles. The number of esters is 1. The molecule has 0 fully saturated rings. The standard InChI is InChI=1S/C27H29N3O6/c1-34-25-21(14-9-15-28-25)17-23(26(32)35-2)29-24(31)22(16-19-10-5-3-6-11-19)30-27(33)36-18-20-12-7-4-8-13-20/h3-15,22-23H,16-18H2,1-2H3,(H,29,31)(H,30,33)/t22-,23-/m1/s1. The molecule has 3 aromatic rings. The Hall–Kier alpha value is -4.40. The van der Waals surface area contributed by atoms with Crippen LogP contribution in [-0.4, -0.2) is 49.3 Å². The van der Waals surface area contributed by atoms with E-state index in [-0.39, 0.29) is 19.4 Å². The number of aromatic nitrogens is 1. The zero-order valence-corrected chi connectivity index (χ0v) is 20.2. The van der Waals surface area contributed by atoms with Crippen LogP contribution in [0.15, 0.2) is 79.0 Å². The Labute approximate surface area is 209 Å². The molecule has 188 valence electrons. The quantitative estimate of drug-likeness (QED) is 0.396. The Balaban J connectivity index is 1.74. The largest absolute Gasteiger partial charge is 0.481 e. The maximum atomic E-state index is 13.3. The molecule has 9 nitrogen and oxygen atoms in total. The van der Waals surface area contributed by atoms with E-state index in [4.69, 9.17) is 14.2 Å². The smallest absolute Gasteiger partial charge is 0.408 e. The van der Waals surface area contributed by atoms with Crippen LogP contribution in [0.4, 0.5) is 4.79 Å². The first-order chi connectivity index (χ1) is 17.5. The lowest BCUT2D eigenvalue weighted by atomic mass is 10.0. The van der Waals surface area contributed by atoms with Gasteiger partial charge in [0.1, 0.15) is 18.7 Å². The van der Waals surface area contributed by atoms with Gasteiger partial charge in [0.2, 0.25) is 11.8 Å². The van der Waals surface area contributed by atoms with Gasteiger partial charge in [-0.05, 0) is 17.2 Å². The van der Waals surface area contributed by atoms with Crippen LogP contribution in [0.25, 0.3) is 0 Å². The van der Waals surface area contributed by atoms with Gasteiger partial charge in [-0.25, -0.2) is 14.6 Å². The van der Waals surface area contributed by atoms with Crippen molar-refractivity contribution >= 4 is 18.0 Å². The summed E-state index contributed by atoms with van der Waals surface area (Å²) >= 11 is 0. The second-order valence-electron chi connectivity index (χ2n) is 7.91. The van der Waals surface area contributed by atoms with Crippen LogP contribution in [0, 0.1) is 0 Å². The lowest BCUT2D eigenvalue weighted by Crippen LogP contribution is -2.53. The SMILES string of the molecule is COC(=O)[C@@H](Cc1cccnc1OC)NC(=O)[C@@H](Cc1ccccc1)NC(=O)OCc1ccccc1. The number of rotatable bonds is 11. The molecule has 1 heterocycles. The van der Waals surface area contributed by atoms with Gasteiger partial charge >= 0.3 is 12.1 Å². The first kappa shape index (κ1) is 26.2. The van der Waals surface area contributed by atoms with E-state index in [1.54, 1.807) is 18.3 Å². The highest BCUT2D eigenvalue weighted by atomic mass is 16.5. The minimum Gasteiger partial charge on any atom is -0.481 e. The van der Waals surface area contributed by atoms with Crippen molar-refractivity contribution in [1.82, 2.24) is 15.6 Å². The van der Waals surface area contributed by atoms with Gasteiger partial charge in [0, 0.05) is 24.6 Å². The van der Waals surface area contributed by atoms with Gasteiger partial charge in [-0.3, -0.25) is 4.79 Å². The van der Waals surface area contributed by atoms with Crippen LogP contribution < -0.4 is 15.4 Å². The fourth-order valence-electron chi connectivity index (χ4n) is 3.56. The van der Waals surface area contributed by atoms with Gasteiger partial charge < -0.3 is 24.8 Å². The van der Waals surface area contributed by atoms with E-state index in [0.717, 1.165) is 11.1 Å². The molecule has 2 N–H and O–H groups in total. The molecule has 3 rings (SSSR count). The lowest BCUT2D eigenvalue weighted by molar-refractivity contribution is -0.145. The molecule has 2 amide bonds. The van der Waals surface area contributed by atoms with E-state index in [1.807, 2.05) is 60.7 Å². The average molecular weight is 492 g/mol. The van der Waals surface area contributed by atoms with E-state index in [2.05, 4.69) is 15.6 Å². The molecule has 2 aromatic carbocycles. The van der Waals surface area contributed by atoms with Crippen molar-refractivity contribution in [3.63, 3.8) is 0 Å². The van der Waals surface area contributed by atoms with Crippen LogP contribution in [0.5, 0.6) is 5.88 Å². The van der Waals surface area contributed by atoms with Gasteiger partial charge in [0.15, 0.2) is 0 Å². The molecule has 0 aliphatic carbocycles. The third kappa shape index (κ3) is 7.83. The van der Waals surface area contributed by atoms with E-state index < -0.39 is 30.1 Å². The highest BCUT2D eigenvalue weighted by Gasteiger charge is 2.29. The lowest BCUT2D eigenvalue weighted by Gasteiger charge is -2.22. The summed E-state index contributed by atoms with van der Waals surface area (Å²) in [7, 11) is 2.71. The van der Waals surface area contributed by atoms with Gasteiger partial charge in [0.25, 0.3) is 0 Å². The number of nitrogens with one attached hydrogen (secondary N) is 2. The molecule has 0 saturated carbocycles. The zero-order chi connectivity index (χ0) is 25.8. The number of benzene rings is 2. The summed E-state index contributed by atoms with van der Waals surface area (Å²) in [6, 6.07) is 19.8. The minimum absolute atomic E-state index is 0.0535. The number of carbonyl (C=O) groups is 3. The topological polar surface area (TPSA) is 116 Å². The van der Waals surface area contributed by atoms with Crippen molar-refractivity contribution in [2.45, 2.75) is 31.5 Å². The Kier molecular flexibility index (Phi) is 9.81. The number of amides is 2. The van der Waals surface area contributed by atoms with Gasteiger partial charge in [0.05, 0.1) is 14.2 Å². The monoisotopic (exact) mass is 491 g/mol. The first-order valence-corrected chi connectivity index (χ1v) is 11.4. The molecule has 0 saturated heterocycles. The number of methoxy groups -OCH3 is 2. The minimum atomic E-state index is -1.03.